The molecule has 0 amide bonds. The molecule has 2 unspecified atom stereocenters. The molecule has 3 heteroatoms. The third kappa shape index (κ3) is 0.618. The van der Waals surface area contributed by atoms with E-state index < -0.39 is 5.60 Å². The Morgan fingerprint density at radius 2 is 2.67 bits per heavy atom. The van der Waals surface area contributed by atoms with Crippen LogP contribution in [-0.4, -0.2) is 31.1 Å². The van der Waals surface area contributed by atoms with Crippen LogP contribution >= 0.6 is 0 Å². The summed E-state index contributed by atoms with van der Waals surface area (Å²) in [6.07, 6.45) is 2.74. The van der Waals surface area contributed by atoms with E-state index >= 15 is 0 Å². The lowest BCUT2D eigenvalue weighted by Crippen LogP contribution is -2.39. The first-order valence-electron chi connectivity index (χ1n) is 3.14. The largest absolute Gasteiger partial charge is 0.364 e. The minimum Gasteiger partial charge on any atom is -0.364 e. The van der Waals surface area contributed by atoms with Crippen LogP contribution < -0.4 is 5.32 Å². The van der Waals surface area contributed by atoms with E-state index in [4.69, 9.17) is 4.74 Å². The average Bonchev–Trinajstić information content (AvgIpc) is 2.62. The highest BCUT2D eigenvalue weighted by molar-refractivity contribution is 5.71. The molecule has 0 aromatic heterocycles. The summed E-state index contributed by atoms with van der Waals surface area (Å²) in [5, 5.41) is 3.16. The smallest absolute Gasteiger partial charge is 0.234 e. The zero-order valence-electron chi connectivity index (χ0n) is 5.02. The topological polar surface area (TPSA) is 38.3 Å². The molecule has 3 nitrogen and oxygen atoms in total. The molecule has 0 aromatic carbocycles. The van der Waals surface area contributed by atoms with Gasteiger partial charge in [0.25, 0.3) is 0 Å². The Labute approximate surface area is 53.4 Å². The van der Waals surface area contributed by atoms with Gasteiger partial charge in [-0.25, -0.2) is 0 Å². The lowest BCUT2D eigenvalue weighted by molar-refractivity contribution is 0.0518. The van der Waals surface area contributed by atoms with Crippen molar-refractivity contribution in [3.8, 4) is 0 Å². The van der Waals surface area contributed by atoms with Crippen LogP contribution in [0.3, 0.4) is 0 Å². The summed E-state index contributed by atoms with van der Waals surface area (Å²) in [4.78, 5) is 10.2. The Hall–Kier alpha value is -0.410. The summed E-state index contributed by atoms with van der Waals surface area (Å²) in [7, 11) is 0. The van der Waals surface area contributed by atoms with E-state index in [1.54, 1.807) is 0 Å². The molecule has 0 bridgehead atoms. The molecule has 1 heterocycles. The van der Waals surface area contributed by atoms with Crippen LogP contribution in [0.15, 0.2) is 0 Å². The minimum atomic E-state index is -0.530. The minimum absolute atomic E-state index is 0.267. The van der Waals surface area contributed by atoms with Crippen LogP contribution in [0, 0.1) is 0 Å². The first kappa shape index (κ1) is 5.38. The van der Waals surface area contributed by atoms with E-state index in [9.17, 15) is 4.79 Å². The quantitative estimate of drug-likeness (QED) is 0.501. The standard InChI is InChI=1S/C6H8NO2/c8-4-6-3-5(6)7-1-2-9-6/h5,7H,1-3H2. The number of hydrogen-bond acceptors (Lipinski definition) is 3. The molecule has 1 saturated heterocycles. The molecule has 2 fully saturated rings. The first-order chi connectivity index (χ1) is 4.37. The van der Waals surface area contributed by atoms with Gasteiger partial charge in [0.1, 0.15) is 0 Å². The normalized spacial score (nSPS) is 47.8. The van der Waals surface area contributed by atoms with Crippen molar-refractivity contribution in [1.29, 1.82) is 0 Å². The van der Waals surface area contributed by atoms with Gasteiger partial charge in [-0.3, -0.25) is 4.79 Å². The van der Waals surface area contributed by atoms with Gasteiger partial charge in [-0.15, -0.1) is 0 Å². The second kappa shape index (κ2) is 1.55. The van der Waals surface area contributed by atoms with Crippen LogP contribution in [0.5, 0.6) is 0 Å². The van der Waals surface area contributed by atoms with Crippen molar-refractivity contribution in [3.05, 3.63) is 0 Å². The van der Waals surface area contributed by atoms with E-state index in [-0.39, 0.29) is 6.04 Å². The third-order valence-corrected chi connectivity index (χ3v) is 1.94. The van der Waals surface area contributed by atoms with Gasteiger partial charge in [-0.2, -0.15) is 0 Å². The molecule has 1 aliphatic carbocycles. The third-order valence-electron chi connectivity index (χ3n) is 1.94. The fourth-order valence-corrected chi connectivity index (χ4v) is 1.25. The van der Waals surface area contributed by atoms with Gasteiger partial charge >= 0.3 is 0 Å². The van der Waals surface area contributed by atoms with Gasteiger partial charge < -0.3 is 10.1 Å². The SMILES string of the molecule is O=[C]C12CC1NCCO2. The molecule has 1 N–H and O–H groups in total. The molecule has 1 radical (unpaired) electrons. The first-order valence-corrected chi connectivity index (χ1v) is 3.14. The van der Waals surface area contributed by atoms with Crippen molar-refractivity contribution in [2.75, 3.05) is 13.2 Å². The van der Waals surface area contributed by atoms with Crippen LogP contribution in [0.4, 0.5) is 0 Å². The molecule has 2 atom stereocenters. The Balaban J connectivity index is 2.09. The van der Waals surface area contributed by atoms with Crippen LogP contribution in [-0.2, 0) is 9.53 Å². The second-order valence-electron chi connectivity index (χ2n) is 2.55. The van der Waals surface area contributed by atoms with E-state index in [0.717, 1.165) is 13.0 Å². The zero-order chi connectivity index (χ0) is 6.32. The van der Waals surface area contributed by atoms with Crippen molar-refractivity contribution in [2.45, 2.75) is 18.1 Å². The maximum Gasteiger partial charge on any atom is 0.234 e. The van der Waals surface area contributed by atoms with Crippen molar-refractivity contribution in [1.82, 2.24) is 5.32 Å². The van der Waals surface area contributed by atoms with Gasteiger partial charge in [-0.1, -0.05) is 0 Å². The molecule has 1 aliphatic heterocycles. The number of carbonyl (C=O) groups excluding carboxylic acids is 1. The number of hydrogen-bond donors (Lipinski definition) is 1. The lowest BCUT2D eigenvalue weighted by atomic mass is 10.3. The molecule has 49 valence electrons. The van der Waals surface area contributed by atoms with Crippen molar-refractivity contribution < 1.29 is 9.53 Å². The maximum atomic E-state index is 10.2. The average molecular weight is 126 g/mol. The van der Waals surface area contributed by atoms with Crippen LogP contribution in [0.2, 0.25) is 0 Å². The predicted molar refractivity (Wildman–Crippen MR) is 30.8 cm³/mol. The van der Waals surface area contributed by atoms with Gasteiger partial charge in [0.15, 0.2) is 5.60 Å². The summed E-state index contributed by atoms with van der Waals surface area (Å²) < 4.78 is 5.20. The molecular weight excluding hydrogens is 118 g/mol. The monoisotopic (exact) mass is 126 g/mol. The molecule has 0 aromatic rings. The van der Waals surface area contributed by atoms with Crippen molar-refractivity contribution >= 4 is 6.29 Å². The molecule has 9 heavy (non-hydrogen) atoms. The van der Waals surface area contributed by atoms with E-state index in [2.05, 4.69) is 5.32 Å². The van der Waals surface area contributed by atoms with E-state index in [1.807, 2.05) is 6.29 Å². The molecule has 2 aliphatic rings. The predicted octanol–water partition coefficient (Wildman–Crippen LogP) is -0.773. The summed E-state index contributed by atoms with van der Waals surface area (Å²) in [6, 6.07) is 0.267. The highest BCUT2D eigenvalue weighted by Crippen LogP contribution is 2.39. The fourth-order valence-electron chi connectivity index (χ4n) is 1.25. The highest BCUT2D eigenvalue weighted by atomic mass is 16.5. The number of nitrogens with one attached hydrogen (secondary N) is 1. The van der Waals surface area contributed by atoms with Gasteiger partial charge in [-0.05, 0) is 0 Å². The van der Waals surface area contributed by atoms with Crippen molar-refractivity contribution in [3.63, 3.8) is 0 Å². The Bertz CT molecular complexity index is 148. The van der Waals surface area contributed by atoms with Crippen LogP contribution in [0.25, 0.3) is 0 Å². The zero-order valence-corrected chi connectivity index (χ0v) is 5.02. The maximum absolute atomic E-state index is 10.2. The second-order valence-corrected chi connectivity index (χ2v) is 2.55. The number of fused-ring (bicyclic) bond motifs is 1. The summed E-state index contributed by atoms with van der Waals surface area (Å²) in [6.45, 7) is 1.51. The Morgan fingerprint density at radius 3 is 3.22 bits per heavy atom. The number of rotatable bonds is 1. The molecular formula is C6H8NO2. The Kier molecular flexibility index (Phi) is 0.926. The van der Waals surface area contributed by atoms with Gasteiger partial charge in [0, 0.05) is 19.0 Å². The summed E-state index contributed by atoms with van der Waals surface area (Å²) in [5.41, 5.74) is -0.530. The fraction of sp³-hybridized carbons (Fsp3) is 0.833. The lowest BCUT2D eigenvalue weighted by Gasteiger charge is -2.16. The summed E-state index contributed by atoms with van der Waals surface area (Å²) >= 11 is 0. The van der Waals surface area contributed by atoms with E-state index in [0.29, 0.717) is 6.61 Å². The van der Waals surface area contributed by atoms with Gasteiger partial charge in [0.05, 0.1) is 6.61 Å². The van der Waals surface area contributed by atoms with Crippen molar-refractivity contribution in [2.24, 2.45) is 0 Å². The number of morpholine rings is 1. The van der Waals surface area contributed by atoms with E-state index in [1.165, 1.54) is 0 Å². The molecule has 1 saturated carbocycles. The Morgan fingerprint density at radius 1 is 1.78 bits per heavy atom. The molecule has 0 spiro atoms. The van der Waals surface area contributed by atoms with Gasteiger partial charge in [0.2, 0.25) is 6.29 Å². The molecule has 2 rings (SSSR count). The highest BCUT2D eigenvalue weighted by Gasteiger charge is 2.58. The number of ether oxygens (including phenoxy) is 1. The van der Waals surface area contributed by atoms with Crippen LogP contribution in [0.1, 0.15) is 6.42 Å². The summed E-state index contributed by atoms with van der Waals surface area (Å²) in [5.74, 6) is 0.